The van der Waals surface area contributed by atoms with Crippen molar-refractivity contribution in [3.05, 3.63) is 0 Å². The highest BCUT2D eigenvalue weighted by Gasteiger charge is 2.23. The van der Waals surface area contributed by atoms with Crippen LogP contribution < -0.4 is 5.32 Å². The van der Waals surface area contributed by atoms with E-state index in [0.29, 0.717) is 0 Å². The Morgan fingerprint density at radius 3 is 2.06 bits per heavy atom. The highest BCUT2D eigenvalue weighted by molar-refractivity contribution is 4.73. The summed E-state index contributed by atoms with van der Waals surface area (Å²) in [5, 5.41) is 3.15. The molecule has 0 fully saturated rings. The van der Waals surface area contributed by atoms with E-state index in [1.165, 1.54) is 0 Å². The van der Waals surface area contributed by atoms with Crippen LogP contribution in [-0.2, 0) is 9.47 Å². The van der Waals surface area contributed by atoms with Crippen LogP contribution in [0.25, 0.3) is 0 Å². The van der Waals surface area contributed by atoms with Crippen molar-refractivity contribution in [2.24, 2.45) is 0 Å². The van der Waals surface area contributed by atoms with Crippen LogP contribution >= 0.6 is 0 Å². The maximum atomic E-state index is 5.93. The fraction of sp³-hybridized carbons (Fsp3) is 1.00. The van der Waals surface area contributed by atoms with Gasteiger partial charge in [-0.2, -0.15) is 0 Å². The molecule has 17 heavy (non-hydrogen) atoms. The summed E-state index contributed by atoms with van der Waals surface area (Å²) in [6.07, 6.45) is 2.21. The minimum Gasteiger partial charge on any atom is -0.375 e. The van der Waals surface area contributed by atoms with Crippen molar-refractivity contribution >= 4 is 0 Å². The Kier molecular flexibility index (Phi) is 7.29. The third-order valence-corrected chi connectivity index (χ3v) is 2.73. The lowest BCUT2D eigenvalue weighted by Crippen LogP contribution is -2.33. The number of nitrogens with one attached hydrogen (secondary N) is 1. The van der Waals surface area contributed by atoms with Crippen LogP contribution in [0.2, 0.25) is 0 Å². The summed E-state index contributed by atoms with van der Waals surface area (Å²) in [5.74, 6) is 0. The Morgan fingerprint density at radius 2 is 1.59 bits per heavy atom. The maximum absolute atomic E-state index is 5.93. The topological polar surface area (TPSA) is 30.5 Å². The molecule has 0 aliphatic carbocycles. The predicted molar refractivity (Wildman–Crippen MR) is 73.5 cm³/mol. The van der Waals surface area contributed by atoms with Crippen molar-refractivity contribution in [3.8, 4) is 0 Å². The second kappa shape index (κ2) is 7.34. The highest BCUT2D eigenvalue weighted by Crippen LogP contribution is 2.20. The van der Waals surface area contributed by atoms with E-state index in [0.717, 1.165) is 26.0 Å². The SMILES string of the molecule is CNCCC(C)(C)OCCC(C)(C)OC(C)C. The Hall–Kier alpha value is -0.120. The molecule has 0 radical (unpaired) electrons. The monoisotopic (exact) mass is 245 g/mol. The number of hydrogen-bond donors (Lipinski definition) is 1. The zero-order valence-corrected chi connectivity index (χ0v) is 12.7. The van der Waals surface area contributed by atoms with Crippen LogP contribution in [-0.4, -0.2) is 37.5 Å². The molecular formula is C14H31NO2. The molecular weight excluding hydrogens is 214 g/mol. The molecule has 0 saturated heterocycles. The van der Waals surface area contributed by atoms with E-state index in [2.05, 4.69) is 46.9 Å². The second-order valence-corrected chi connectivity index (χ2v) is 6.14. The van der Waals surface area contributed by atoms with Crippen LogP contribution in [0.5, 0.6) is 0 Å². The Bertz CT molecular complexity index is 200. The minimum atomic E-state index is -0.104. The van der Waals surface area contributed by atoms with Crippen molar-refractivity contribution < 1.29 is 9.47 Å². The van der Waals surface area contributed by atoms with E-state index in [1.54, 1.807) is 0 Å². The molecule has 0 amide bonds. The summed E-state index contributed by atoms with van der Waals surface area (Å²) >= 11 is 0. The van der Waals surface area contributed by atoms with Gasteiger partial charge in [-0.1, -0.05) is 0 Å². The van der Waals surface area contributed by atoms with Gasteiger partial charge >= 0.3 is 0 Å². The second-order valence-electron chi connectivity index (χ2n) is 6.14. The summed E-state index contributed by atoms with van der Waals surface area (Å²) in [7, 11) is 1.97. The summed E-state index contributed by atoms with van der Waals surface area (Å²) in [5.41, 5.74) is -0.163. The molecule has 0 aromatic carbocycles. The van der Waals surface area contributed by atoms with Gasteiger partial charge in [0.1, 0.15) is 0 Å². The lowest BCUT2D eigenvalue weighted by molar-refractivity contribution is -0.0928. The highest BCUT2D eigenvalue weighted by atomic mass is 16.5. The van der Waals surface area contributed by atoms with Crippen LogP contribution in [0, 0.1) is 0 Å². The summed E-state index contributed by atoms with van der Waals surface area (Å²) in [6.45, 7) is 14.4. The molecule has 104 valence electrons. The van der Waals surface area contributed by atoms with Crippen molar-refractivity contribution in [3.63, 3.8) is 0 Å². The number of ether oxygens (including phenoxy) is 2. The van der Waals surface area contributed by atoms with E-state index >= 15 is 0 Å². The Morgan fingerprint density at radius 1 is 1.00 bits per heavy atom. The van der Waals surface area contributed by atoms with E-state index in [9.17, 15) is 0 Å². The number of rotatable bonds is 9. The lowest BCUT2D eigenvalue weighted by atomic mass is 10.0. The van der Waals surface area contributed by atoms with Gasteiger partial charge < -0.3 is 14.8 Å². The van der Waals surface area contributed by atoms with Crippen molar-refractivity contribution in [1.82, 2.24) is 5.32 Å². The van der Waals surface area contributed by atoms with Crippen LogP contribution in [0.1, 0.15) is 54.4 Å². The average Bonchev–Trinajstić information content (AvgIpc) is 2.11. The molecule has 0 rings (SSSR count). The van der Waals surface area contributed by atoms with Gasteiger partial charge in [0.05, 0.1) is 23.9 Å². The van der Waals surface area contributed by atoms with E-state index < -0.39 is 0 Å². The molecule has 0 aliphatic rings. The molecule has 0 atom stereocenters. The third kappa shape index (κ3) is 9.57. The molecule has 3 heteroatoms. The minimum absolute atomic E-state index is 0.0586. The largest absolute Gasteiger partial charge is 0.375 e. The van der Waals surface area contributed by atoms with Crippen molar-refractivity contribution in [1.29, 1.82) is 0 Å². The van der Waals surface area contributed by atoms with Gasteiger partial charge in [-0.05, 0) is 68.0 Å². The zero-order chi connectivity index (χ0) is 13.5. The van der Waals surface area contributed by atoms with Crippen molar-refractivity contribution in [2.75, 3.05) is 20.2 Å². The normalized spacial score (nSPS) is 13.4. The molecule has 0 unspecified atom stereocenters. The fourth-order valence-electron chi connectivity index (χ4n) is 1.77. The third-order valence-electron chi connectivity index (χ3n) is 2.73. The van der Waals surface area contributed by atoms with Crippen molar-refractivity contribution in [2.45, 2.75) is 71.7 Å². The van der Waals surface area contributed by atoms with Gasteiger partial charge in [-0.25, -0.2) is 0 Å². The van der Waals surface area contributed by atoms with Crippen LogP contribution in [0.3, 0.4) is 0 Å². The van der Waals surface area contributed by atoms with E-state index in [4.69, 9.17) is 9.47 Å². The summed E-state index contributed by atoms with van der Waals surface area (Å²) in [4.78, 5) is 0. The van der Waals surface area contributed by atoms with Crippen LogP contribution in [0.15, 0.2) is 0 Å². The molecule has 0 heterocycles. The summed E-state index contributed by atoms with van der Waals surface area (Å²) < 4.78 is 11.8. The quantitative estimate of drug-likeness (QED) is 0.677. The molecule has 0 aliphatic heterocycles. The zero-order valence-electron chi connectivity index (χ0n) is 12.7. The smallest absolute Gasteiger partial charge is 0.0651 e. The van der Waals surface area contributed by atoms with Gasteiger partial charge in [0.2, 0.25) is 0 Å². The standard InChI is InChI=1S/C14H31NO2/c1-12(2)17-14(5,6)9-11-16-13(3,4)8-10-15-7/h12,15H,8-11H2,1-7H3. The fourth-order valence-corrected chi connectivity index (χ4v) is 1.77. The van der Waals surface area contributed by atoms with Gasteiger partial charge in [0.15, 0.2) is 0 Å². The first-order chi connectivity index (χ1) is 7.68. The molecule has 0 bridgehead atoms. The van der Waals surface area contributed by atoms with Gasteiger partial charge in [0, 0.05) is 0 Å². The Labute approximate surface area is 107 Å². The first-order valence-corrected chi connectivity index (χ1v) is 6.65. The Balaban J connectivity index is 3.88. The lowest BCUT2D eigenvalue weighted by Gasteiger charge is -2.31. The predicted octanol–water partition coefficient (Wildman–Crippen LogP) is 2.98. The first-order valence-electron chi connectivity index (χ1n) is 6.65. The summed E-state index contributed by atoms with van der Waals surface area (Å²) in [6, 6.07) is 0. The molecule has 0 saturated carbocycles. The average molecular weight is 245 g/mol. The van der Waals surface area contributed by atoms with E-state index in [-0.39, 0.29) is 17.3 Å². The van der Waals surface area contributed by atoms with Gasteiger partial charge in [0.25, 0.3) is 0 Å². The van der Waals surface area contributed by atoms with E-state index in [1.807, 2.05) is 7.05 Å². The first kappa shape index (κ1) is 16.9. The molecule has 3 nitrogen and oxygen atoms in total. The number of hydrogen-bond acceptors (Lipinski definition) is 3. The molecule has 0 spiro atoms. The maximum Gasteiger partial charge on any atom is 0.0651 e. The van der Waals surface area contributed by atoms with Crippen LogP contribution in [0.4, 0.5) is 0 Å². The van der Waals surface area contributed by atoms with Gasteiger partial charge in [-0.3, -0.25) is 0 Å². The molecule has 1 N–H and O–H groups in total. The molecule has 0 aromatic heterocycles. The molecule has 0 aromatic rings. The van der Waals surface area contributed by atoms with Gasteiger partial charge in [-0.15, -0.1) is 0 Å².